The molecule has 0 bridgehead atoms. The van der Waals surface area contributed by atoms with Gasteiger partial charge in [-0.15, -0.1) is 29.3 Å². The van der Waals surface area contributed by atoms with E-state index in [1.54, 1.807) is 0 Å². The predicted molar refractivity (Wildman–Crippen MR) is 89.4 cm³/mol. The smallest absolute Gasteiger partial charge is 0.0454 e. The first-order valence-electron chi connectivity index (χ1n) is 7.16. The molecule has 3 heteroatoms. The van der Waals surface area contributed by atoms with Gasteiger partial charge in [0.2, 0.25) is 0 Å². The summed E-state index contributed by atoms with van der Waals surface area (Å²) in [4.78, 5) is 1.51. The van der Waals surface area contributed by atoms with Gasteiger partial charge in [-0.25, -0.2) is 0 Å². The summed E-state index contributed by atoms with van der Waals surface area (Å²) < 4.78 is 2.88. The summed E-state index contributed by atoms with van der Waals surface area (Å²) >= 11 is 3.80. The average molecular weight is 294 g/mol. The summed E-state index contributed by atoms with van der Waals surface area (Å²) in [6.07, 6.45) is 8.32. The number of thiophene rings is 2. The molecule has 1 unspecified atom stereocenters. The van der Waals surface area contributed by atoms with Gasteiger partial charge in [-0.2, -0.15) is 0 Å². The Balaban J connectivity index is 1.91. The third kappa shape index (κ3) is 4.16. The quantitative estimate of drug-likeness (QED) is 0.458. The normalized spacial score (nSPS) is 12.9. The van der Waals surface area contributed by atoms with Crippen LogP contribution in [0.1, 0.15) is 49.9 Å². The Bertz CT molecular complexity index is 469. The van der Waals surface area contributed by atoms with Crippen LogP contribution in [0.15, 0.2) is 30.2 Å². The van der Waals surface area contributed by atoms with Crippen molar-refractivity contribution in [3.8, 4) is 0 Å². The Labute approximate surface area is 124 Å². The molecular weight excluding hydrogens is 270 g/mol. The minimum atomic E-state index is 0.540. The number of rotatable bonds is 9. The summed E-state index contributed by atoms with van der Waals surface area (Å²) in [7, 11) is 0. The average Bonchev–Trinajstić information content (AvgIpc) is 2.98. The minimum absolute atomic E-state index is 0.540. The molecule has 1 N–H and O–H groups in total. The lowest BCUT2D eigenvalue weighted by molar-refractivity contribution is 0.490. The van der Waals surface area contributed by atoms with Crippen molar-refractivity contribution in [1.82, 2.24) is 5.32 Å². The highest BCUT2D eigenvalue weighted by Gasteiger charge is 2.13. The molecule has 1 nitrogen and oxygen atoms in total. The lowest BCUT2D eigenvalue weighted by atomic mass is 10.1. The molecule has 2 rings (SSSR count). The van der Waals surface area contributed by atoms with Gasteiger partial charge in [-0.3, -0.25) is 0 Å². The molecule has 0 aliphatic heterocycles. The lowest BCUT2D eigenvalue weighted by Gasteiger charge is -2.16. The Morgan fingerprint density at radius 3 is 2.95 bits per heavy atom. The van der Waals surface area contributed by atoms with Crippen LogP contribution in [0.25, 0.3) is 9.40 Å². The van der Waals surface area contributed by atoms with Crippen LogP contribution in [-0.2, 0) is 0 Å². The highest BCUT2D eigenvalue weighted by atomic mass is 32.1. The van der Waals surface area contributed by atoms with E-state index in [0.29, 0.717) is 6.04 Å². The maximum atomic E-state index is 3.78. The third-order valence-electron chi connectivity index (χ3n) is 3.35. The zero-order chi connectivity index (χ0) is 13.5. The zero-order valence-corrected chi connectivity index (χ0v) is 13.3. The summed E-state index contributed by atoms with van der Waals surface area (Å²) in [5, 5.41) is 5.82. The number of hydrogen-bond donors (Lipinski definition) is 1. The molecule has 0 amide bonds. The number of hydrogen-bond acceptors (Lipinski definition) is 3. The molecule has 0 fully saturated rings. The van der Waals surface area contributed by atoms with Crippen molar-refractivity contribution in [3.05, 3.63) is 35.0 Å². The molecule has 0 radical (unpaired) electrons. The molecule has 0 saturated heterocycles. The molecule has 2 aromatic heterocycles. The molecule has 104 valence electrons. The summed E-state index contributed by atoms with van der Waals surface area (Å²) in [5.74, 6) is 0. The van der Waals surface area contributed by atoms with E-state index in [9.17, 15) is 0 Å². The second kappa shape index (κ2) is 7.83. The standard InChI is InChI=1S/C16H23NS2/c1-3-5-6-7-8-9-13(17-4-2)15-12-16-14(19-15)10-11-18-16/h3,10-13,17H,1,4-9H2,2H3. The van der Waals surface area contributed by atoms with Crippen LogP contribution >= 0.6 is 22.7 Å². The summed E-state index contributed by atoms with van der Waals surface area (Å²) in [5.41, 5.74) is 0. The van der Waals surface area contributed by atoms with Gasteiger partial charge in [0.05, 0.1) is 0 Å². The largest absolute Gasteiger partial charge is 0.310 e. The molecule has 2 aromatic rings. The zero-order valence-electron chi connectivity index (χ0n) is 11.7. The van der Waals surface area contributed by atoms with Gasteiger partial charge in [-0.1, -0.05) is 25.8 Å². The van der Waals surface area contributed by atoms with Crippen LogP contribution < -0.4 is 5.32 Å². The molecule has 2 heterocycles. The fourth-order valence-corrected chi connectivity index (χ4v) is 4.59. The second-order valence-electron chi connectivity index (χ2n) is 4.83. The molecule has 1 atom stereocenters. The van der Waals surface area contributed by atoms with E-state index < -0.39 is 0 Å². The molecule has 0 aromatic carbocycles. The van der Waals surface area contributed by atoms with Gasteiger partial charge in [0.25, 0.3) is 0 Å². The van der Waals surface area contributed by atoms with Crippen molar-refractivity contribution in [2.45, 2.75) is 45.1 Å². The van der Waals surface area contributed by atoms with Crippen molar-refractivity contribution in [1.29, 1.82) is 0 Å². The van der Waals surface area contributed by atoms with E-state index in [1.165, 1.54) is 40.0 Å². The van der Waals surface area contributed by atoms with E-state index in [4.69, 9.17) is 0 Å². The molecular formula is C16H23NS2. The SMILES string of the molecule is C=CCCCCCC(NCC)c1cc2sccc2s1. The molecule has 0 spiro atoms. The van der Waals surface area contributed by atoms with Crippen molar-refractivity contribution in [2.24, 2.45) is 0 Å². The van der Waals surface area contributed by atoms with Crippen LogP contribution in [0.5, 0.6) is 0 Å². The highest BCUT2D eigenvalue weighted by Crippen LogP contribution is 2.35. The van der Waals surface area contributed by atoms with Crippen molar-refractivity contribution < 1.29 is 0 Å². The molecule has 0 aliphatic rings. The summed E-state index contributed by atoms with van der Waals surface area (Å²) in [6, 6.07) is 5.15. The summed E-state index contributed by atoms with van der Waals surface area (Å²) in [6.45, 7) is 7.02. The monoisotopic (exact) mass is 293 g/mol. The Kier molecular flexibility index (Phi) is 6.08. The number of fused-ring (bicyclic) bond motifs is 1. The van der Waals surface area contributed by atoms with Crippen LogP contribution in [0, 0.1) is 0 Å². The first kappa shape index (κ1) is 14.8. The lowest BCUT2D eigenvalue weighted by Crippen LogP contribution is -2.19. The number of nitrogens with one attached hydrogen (secondary N) is 1. The molecule has 0 saturated carbocycles. The van der Waals surface area contributed by atoms with E-state index >= 15 is 0 Å². The minimum Gasteiger partial charge on any atom is -0.310 e. The Hall–Kier alpha value is -0.640. The van der Waals surface area contributed by atoms with E-state index in [0.717, 1.165) is 13.0 Å². The van der Waals surface area contributed by atoms with E-state index in [1.807, 2.05) is 28.7 Å². The van der Waals surface area contributed by atoms with Crippen LogP contribution in [0.2, 0.25) is 0 Å². The number of unbranched alkanes of at least 4 members (excludes halogenated alkanes) is 3. The first-order valence-corrected chi connectivity index (χ1v) is 8.86. The van der Waals surface area contributed by atoms with Crippen molar-refractivity contribution in [2.75, 3.05) is 6.54 Å². The third-order valence-corrected chi connectivity index (χ3v) is 5.56. The van der Waals surface area contributed by atoms with Gasteiger partial charge < -0.3 is 5.32 Å². The van der Waals surface area contributed by atoms with Gasteiger partial charge >= 0.3 is 0 Å². The van der Waals surface area contributed by atoms with E-state index in [2.05, 4.69) is 36.3 Å². The van der Waals surface area contributed by atoms with Crippen molar-refractivity contribution in [3.63, 3.8) is 0 Å². The van der Waals surface area contributed by atoms with Gasteiger partial charge in [-0.05, 0) is 43.3 Å². The van der Waals surface area contributed by atoms with Crippen LogP contribution in [-0.4, -0.2) is 6.54 Å². The van der Waals surface area contributed by atoms with Gasteiger partial charge in [0, 0.05) is 20.3 Å². The van der Waals surface area contributed by atoms with Gasteiger partial charge in [0.1, 0.15) is 0 Å². The predicted octanol–water partition coefficient (Wildman–Crippen LogP) is 5.75. The van der Waals surface area contributed by atoms with Gasteiger partial charge in [0.15, 0.2) is 0 Å². The first-order chi connectivity index (χ1) is 9.35. The Morgan fingerprint density at radius 1 is 1.32 bits per heavy atom. The topological polar surface area (TPSA) is 12.0 Å². The van der Waals surface area contributed by atoms with Crippen LogP contribution in [0.4, 0.5) is 0 Å². The maximum Gasteiger partial charge on any atom is 0.0454 e. The maximum absolute atomic E-state index is 3.78. The van der Waals surface area contributed by atoms with E-state index in [-0.39, 0.29) is 0 Å². The highest BCUT2D eigenvalue weighted by molar-refractivity contribution is 7.26. The fraction of sp³-hybridized carbons (Fsp3) is 0.500. The second-order valence-corrected chi connectivity index (χ2v) is 6.90. The Morgan fingerprint density at radius 2 is 2.21 bits per heavy atom. The fourth-order valence-electron chi connectivity index (χ4n) is 2.36. The molecule has 0 aliphatic carbocycles. The molecule has 19 heavy (non-hydrogen) atoms. The van der Waals surface area contributed by atoms with Crippen molar-refractivity contribution >= 4 is 32.1 Å². The van der Waals surface area contributed by atoms with Crippen LogP contribution in [0.3, 0.4) is 0 Å². The number of allylic oxidation sites excluding steroid dienone is 1.